The Kier molecular flexibility index (Phi) is 5.76. The average Bonchev–Trinajstić information content (AvgIpc) is 2.83. The quantitative estimate of drug-likeness (QED) is 0.905. The number of amides is 1. The van der Waals surface area contributed by atoms with Gasteiger partial charge in [-0.2, -0.15) is 16.9 Å². The molecule has 0 radical (unpaired) electrons. The highest BCUT2D eigenvalue weighted by Gasteiger charge is 2.22. The van der Waals surface area contributed by atoms with Crippen LogP contribution in [0.15, 0.2) is 6.07 Å². The van der Waals surface area contributed by atoms with E-state index in [9.17, 15) is 4.79 Å². The number of nitrogens with zero attached hydrogens (tertiary/aromatic N) is 2. The maximum absolute atomic E-state index is 11.6. The number of carbonyl (C=O) groups is 1. The van der Waals surface area contributed by atoms with E-state index in [0.29, 0.717) is 18.5 Å². The van der Waals surface area contributed by atoms with E-state index in [2.05, 4.69) is 10.4 Å². The molecule has 1 heterocycles. The molecule has 1 aromatic heterocycles. The minimum atomic E-state index is -0.403. The van der Waals surface area contributed by atoms with Crippen LogP contribution >= 0.6 is 11.8 Å². The van der Waals surface area contributed by atoms with Crippen LogP contribution in [-0.2, 0) is 5.75 Å². The van der Waals surface area contributed by atoms with Gasteiger partial charge in [0.2, 0.25) is 5.88 Å². The normalized spacial score (nSPS) is 16.1. The van der Waals surface area contributed by atoms with Crippen molar-refractivity contribution in [2.24, 2.45) is 0 Å². The topological polar surface area (TPSA) is 56.1 Å². The summed E-state index contributed by atoms with van der Waals surface area (Å²) in [6, 6.07) is 2.25. The molecule has 2 rings (SSSR count). The molecule has 0 aromatic carbocycles. The van der Waals surface area contributed by atoms with Crippen molar-refractivity contribution >= 4 is 17.9 Å². The minimum absolute atomic E-state index is 0.365. The molecule has 5 nitrogen and oxygen atoms in total. The number of hydrogen-bond acceptors (Lipinski definition) is 4. The maximum Gasteiger partial charge on any atom is 0.413 e. The Bertz CT molecular complexity index is 442. The van der Waals surface area contributed by atoms with Crippen LogP contribution in [0.2, 0.25) is 0 Å². The van der Waals surface area contributed by atoms with Crippen LogP contribution in [0.25, 0.3) is 0 Å². The van der Waals surface area contributed by atoms with Crippen molar-refractivity contribution in [2.75, 3.05) is 12.8 Å². The van der Waals surface area contributed by atoms with Gasteiger partial charge in [-0.15, -0.1) is 0 Å². The van der Waals surface area contributed by atoms with Gasteiger partial charge < -0.3 is 10.1 Å². The summed E-state index contributed by atoms with van der Waals surface area (Å²) in [6.07, 6.45) is 7.62. The number of hydrogen-bond donors (Lipinski definition) is 1. The van der Waals surface area contributed by atoms with E-state index < -0.39 is 6.09 Å². The molecule has 0 aliphatic heterocycles. The molecule has 1 saturated carbocycles. The zero-order valence-electron chi connectivity index (χ0n) is 12.2. The zero-order chi connectivity index (χ0) is 14.4. The summed E-state index contributed by atoms with van der Waals surface area (Å²) in [6.45, 7) is 2.44. The van der Waals surface area contributed by atoms with Crippen LogP contribution in [0.3, 0.4) is 0 Å². The van der Waals surface area contributed by atoms with Gasteiger partial charge in [-0.3, -0.25) is 0 Å². The number of ether oxygens (including phenoxy) is 1. The van der Waals surface area contributed by atoms with Gasteiger partial charge in [0.25, 0.3) is 0 Å². The molecule has 0 spiro atoms. The van der Waals surface area contributed by atoms with Gasteiger partial charge in [0.15, 0.2) is 0 Å². The predicted octanol–water partition coefficient (Wildman–Crippen LogP) is 3.36. The lowest BCUT2D eigenvalue weighted by Crippen LogP contribution is -2.28. The second kappa shape index (κ2) is 7.57. The lowest BCUT2D eigenvalue weighted by Gasteiger charge is -2.23. The van der Waals surface area contributed by atoms with Gasteiger partial charge in [0.05, 0.1) is 11.7 Å². The fraction of sp³-hybridized carbons (Fsp3) is 0.714. The molecule has 0 bridgehead atoms. The van der Waals surface area contributed by atoms with Gasteiger partial charge in [0, 0.05) is 18.4 Å². The monoisotopic (exact) mass is 297 g/mol. The first-order valence-corrected chi connectivity index (χ1v) is 8.67. The molecule has 6 heteroatoms. The summed E-state index contributed by atoms with van der Waals surface area (Å²) in [5, 5.41) is 7.29. The van der Waals surface area contributed by atoms with Crippen molar-refractivity contribution in [1.82, 2.24) is 15.1 Å². The highest BCUT2D eigenvalue weighted by molar-refractivity contribution is 7.97. The molecule has 1 aromatic rings. The summed E-state index contributed by atoms with van der Waals surface area (Å²) in [4.78, 5) is 11.6. The Morgan fingerprint density at radius 2 is 2.25 bits per heavy atom. The third-order valence-electron chi connectivity index (χ3n) is 3.48. The van der Waals surface area contributed by atoms with Gasteiger partial charge in [0.1, 0.15) is 0 Å². The molecule has 0 saturated heterocycles. The fourth-order valence-electron chi connectivity index (χ4n) is 2.58. The van der Waals surface area contributed by atoms with Gasteiger partial charge in [-0.05, 0) is 26.0 Å². The number of nitrogens with one attached hydrogen (secondary N) is 1. The Hall–Kier alpha value is -1.17. The fourth-order valence-corrected chi connectivity index (χ4v) is 3.02. The summed E-state index contributed by atoms with van der Waals surface area (Å²) < 4.78 is 7.32. The van der Waals surface area contributed by atoms with E-state index in [0.717, 1.165) is 24.3 Å². The SMILES string of the molecule is CCNC(=O)Oc1cc(CSC)nn1C1CCCCC1. The van der Waals surface area contributed by atoms with E-state index in [1.807, 2.05) is 23.9 Å². The maximum atomic E-state index is 11.6. The van der Waals surface area contributed by atoms with E-state index in [4.69, 9.17) is 4.74 Å². The first-order valence-electron chi connectivity index (χ1n) is 7.27. The van der Waals surface area contributed by atoms with E-state index in [-0.39, 0.29) is 0 Å². The standard InChI is InChI=1S/C14H23N3O2S/c1-3-15-14(18)19-13-9-11(10-20-2)16-17(13)12-7-5-4-6-8-12/h9,12H,3-8,10H2,1-2H3,(H,15,18). The second-order valence-corrected chi connectivity index (χ2v) is 5.93. The van der Waals surface area contributed by atoms with Crippen molar-refractivity contribution in [2.45, 2.75) is 50.8 Å². The Labute approximate surface area is 124 Å². The summed E-state index contributed by atoms with van der Waals surface area (Å²) in [7, 11) is 0. The largest absolute Gasteiger partial charge is 0.413 e. The number of carbonyl (C=O) groups excluding carboxylic acids is 1. The van der Waals surface area contributed by atoms with E-state index in [1.165, 1.54) is 19.3 Å². The average molecular weight is 297 g/mol. The van der Waals surface area contributed by atoms with E-state index in [1.54, 1.807) is 11.8 Å². The van der Waals surface area contributed by atoms with E-state index >= 15 is 0 Å². The Morgan fingerprint density at radius 3 is 2.90 bits per heavy atom. The first-order chi connectivity index (χ1) is 9.74. The first kappa shape index (κ1) is 15.2. The molecule has 0 atom stereocenters. The van der Waals surface area contributed by atoms with Crippen molar-refractivity contribution in [3.63, 3.8) is 0 Å². The van der Waals surface area contributed by atoms with Crippen molar-refractivity contribution in [1.29, 1.82) is 0 Å². The number of thioether (sulfide) groups is 1. The number of aromatic nitrogens is 2. The van der Waals surface area contributed by atoms with Crippen LogP contribution in [0.5, 0.6) is 5.88 Å². The summed E-state index contributed by atoms with van der Waals surface area (Å²) in [5.41, 5.74) is 0.974. The van der Waals surface area contributed by atoms with Crippen LogP contribution in [0.1, 0.15) is 50.8 Å². The summed E-state index contributed by atoms with van der Waals surface area (Å²) in [5.74, 6) is 1.41. The molecule has 1 N–H and O–H groups in total. The second-order valence-electron chi connectivity index (χ2n) is 5.06. The molecule has 1 amide bonds. The highest BCUT2D eigenvalue weighted by atomic mass is 32.2. The van der Waals surface area contributed by atoms with Crippen LogP contribution < -0.4 is 10.1 Å². The molecule has 112 valence electrons. The molecular formula is C14H23N3O2S. The Morgan fingerprint density at radius 1 is 1.50 bits per heavy atom. The third-order valence-corrected chi connectivity index (χ3v) is 4.07. The molecule has 1 aliphatic carbocycles. The number of rotatable bonds is 5. The van der Waals surface area contributed by atoms with Crippen LogP contribution in [0, 0.1) is 0 Å². The predicted molar refractivity (Wildman–Crippen MR) is 81.3 cm³/mol. The third kappa shape index (κ3) is 3.91. The lowest BCUT2D eigenvalue weighted by molar-refractivity contribution is 0.192. The molecule has 20 heavy (non-hydrogen) atoms. The zero-order valence-corrected chi connectivity index (χ0v) is 13.0. The molecule has 1 aliphatic rings. The molecule has 0 unspecified atom stereocenters. The minimum Gasteiger partial charge on any atom is -0.392 e. The molecular weight excluding hydrogens is 274 g/mol. The lowest BCUT2D eigenvalue weighted by atomic mass is 9.96. The smallest absolute Gasteiger partial charge is 0.392 e. The van der Waals surface area contributed by atoms with Crippen molar-refractivity contribution in [3.8, 4) is 5.88 Å². The molecule has 1 fully saturated rings. The van der Waals surface area contributed by atoms with Gasteiger partial charge in [-0.1, -0.05) is 19.3 Å². The van der Waals surface area contributed by atoms with Crippen molar-refractivity contribution in [3.05, 3.63) is 11.8 Å². The van der Waals surface area contributed by atoms with Gasteiger partial charge >= 0.3 is 6.09 Å². The highest BCUT2D eigenvalue weighted by Crippen LogP contribution is 2.32. The van der Waals surface area contributed by atoms with Gasteiger partial charge in [-0.25, -0.2) is 9.48 Å². The Balaban J connectivity index is 2.15. The van der Waals surface area contributed by atoms with Crippen molar-refractivity contribution < 1.29 is 9.53 Å². The summed E-state index contributed by atoms with van der Waals surface area (Å²) >= 11 is 1.72. The van der Waals surface area contributed by atoms with Crippen LogP contribution in [-0.4, -0.2) is 28.7 Å². The van der Waals surface area contributed by atoms with Crippen LogP contribution in [0.4, 0.5) is 4.79 Å².